The molecular weight excluding hydrogens is 296 g/mol. The van der Waals surface area contributed by atoms with E-state index in [1.54, 1.807) is 6.92 Å². The van der Waals surface area contributed by atoms with Crippen LogP contribution in [0.2, 0.25) is 0 Å². The summed E-state index contributed by atoms with van der Waals surface area (Å²) < 4.78 is 14.9. The van der Waals surface area contributed by atoms with Gasteiger partial charge in [0.2, 0.25) is 0 Å². The molecule has 0 amide bonds. The van der Waals surface area contributed by atoms with E-state index in [-0.39, 0.29) is 19.4 Å². The highest BCUT2D eigenvalue weighted by Crippen LogP contribution is 2.23. The van der Waals surface area contributed by atoms with Crippen molar-refractivity contribution in [1.29, 1.82) is 0 Å². The minimum atomic E-state index is -1.64. The topological polar surface area (TPSA) is 123 Å². The number of hydrogen-bond donors (Lipinski definition) is 3. The van der Waals surface area contributed by atoms with Gasteiger partial charge in [0, 0.05) is 12.8 Å². The van der Waals surface area contributed by atoms with Crippen molar-refractivity contribution in [3.63, 3.8) is 0 Å². The van der Waals surface area contributed by atoms with Crippen LogP contribution in [0.25, 0.3) is 0 Å². The Balaban J connectivity index is 2.64. The zero-order valence-electron chi connectivity index (χ0n) is 12.8. The van der Waals surface area contributed by atoms with Crippen molar-refractivity contribution in [3.05, 3.63) is 0 Å². The number of esters is 2. The number of hydrogen-bond acceptors (Lipinski definition) is 8. The molecule has 0 radical (unpaired) electrons. The number of aliphatic hydroxyl groups is 3. The van der Waals surface area contributed by atoms with Crippen LogP contribution in [0.4, 0.5) is 0 Å². The van der Waals surface area contributed by atoms with Gasteiger partial charge < -0.3 is 29.5 Å². The molecule has 3 N–H and O–H groups in total. The van der Waals surface area contributed by atoms with Crippen molar-refractivity contribution in [2.45, 2.75) is 70.2 Å². The van der Waals surface area contributed by atoms with Crippen molar-refractivity contribution < 1.29 is 39.1 Å². The lowest BCUT2D eigenvalue weighted by atomic mass is 9.99. The smallest absolute Gasteiger partial charge is 0.306 e. The summed E-state index contributed by atoms with van der Waals surface area (Å²) in [6.07, 6.45) is -5.52. The number of ether oxygens (including phenoxy) is 3. The summed E-state index contributed by atoms with van der Waals surface area (Å²) in [5, 5.41) is 29.5. The Kier molecular flexibility index (Phi) is 7.74. The number of rotatable bonds is 7. The Bertz CT molecular complexity index is 372. The maximum Gasteiger partial charge on any atom is 0.306 e. The van der Waals surface area contributed by atoms with Crippen LogP contribution in [0, 0.1) is 0 Å². The first kappa shape index (κ1) is 18.8. The third-order valence-corrected chi connectivity index (χ3v) is 3.24. The average Bonchev–Trinajstić information content (AvgIpc) is 2.46. The SMILES string of the molecule is CCCC(=O)OC[C@H]1O[C@H](O)[C@@H](O)[C@@H](OC(=O)CCC)[C@@H]1O. The van der Waals surface area contributed by atoms with E-state index in [4.69, 9.17) is 14.2 Å². The fourth-order valence-electron chi connectivity index (χ4n) is 2.06. The van der Waals surface area contributed by atoms with Crippen molar-refractivity contribution in [1.82, 2.24) is 0 Å². The van der Waals surface area contributed by atoms with E-state index in [9.17, 15) is 24.9 Å². The molecule has 8 heteroatoms. The van der Waals surface area contributed by atoms with E-state index in [0.29, 0.717) is 12.8 Å². The van der Waals surface area contributed by atoms with E-state index in [1.165, 1.54) is 0 Å². The molecule has 0 aliphatic carbocycles. The lowest BCUT2D eigenvalue weighted by molar-refractivity contribution is -0.290. The monoisotopic (exact) mass is 320 g/mol. The molecule has 1 aliphatic rings. The fraction of sp³-hybridized carbons (Fsp3) is 0.857. The maximum atomic E-state index is 11.5. The zero-order chi connectivity index (χ0) is 16.7. The minimum Gasteiger partial charge on any atom is -0.463 e. The highest BCUT2D eigenvalue weighted by Gasteiger charge is 2.46. The Hall–Kier alpha value is -1.22. The second-order valence-corrected chi connectivity index (χ2v) is 5.18. The molecule has 0 spiro atoms. The first-order valence-electron chi connectivity index (χ1n) is 7.45. The van der Waals surface area contributed by atoms with Crippen LogP contribution >= 0.6 is 0 Å². The van der Waals surface area contributed by atoms with Gasteiger partial charge in [-0.15, -0.1) is 0 Å². The molecule has 0 bridgehead atoms. The highest BCUT2D eigenvalue weighted by molar-refractivity contribution is 5.69. The molecule has 1 aliphatic heterocycles. The normalized spacial score (nSPS) is 31.6. The van der Waals surface area contributed by atoms with Crippen LogP contribution in [0.15, 0.2) is 0 Å². The van der Waals surface area contributed by atoms with Crippen molar-refractivity contribution in [2.75, 3.05) is 6.61 Å². The van der Waals surface area contributed by atoms with E-state index in [2.05, 4.69) is 0 Å². The van der Waals surface area contributed by atoms with Gasteiger partial charge in [0.05, 0.1) is 0 Å². The molecular formula is C14H24O8. The number of aliphatic hydroxyl groups excluding tert-OH is 3. The summed E-state index contributed by atoms with van der Waals surface area (Å²) in [6.45, 7) is 3.30. The third kappa shape index (κ3) is 5.20. The van der Waals surface area contributed by atoms with E-state index in [0.717, 1.165) is 0 Å². The second kappa shape index (κ2) is 9.04. The zero-order valence-corrected chi connectivity index (χ0v) is 12.8. The van der Waals surface area contributed by atoms with Crippen LogP contribution in [0.3, 0.4) is 0 Å². The van der Waals surface area contributed by atoms with Crippen LogP contribution < -0.4 is 0 Å². The predicted octanol–water partition coefficient (Wildman–Crippen LogP) is -0.519. The first-order valence-corrected chi connectivity index (χ1v) is 7.45. The molecule has 8 nitrogen and oxygen atoms in total. The van der Waals surface area contributed by atoms with Gasteiger partial charge >= 0.3 is 11.9 Å². The summed E-state index contributed by atoms with van der Waals surface area (Å²) in [7, 11) is 0. The van der Waals surface area contributed by atoms with Gasteiger partial charge in [-0.2, -0.15) is 0 Å². The van der Waals surface area contributed by atoms with E-state index in [1.807, 2.05) is 6.92 Å². The van der Waals surface area contributed by atoms with E-state index < -0.39 is 42.6 Å². The van der Waals surface area contributed by atoms with Gasteiger partial charge in [0.15, 0.2) is 12.4 Å². The Morgan fingerprint density at radius 1 is 1.00 bits per heavy atom. The highest BCUT2D eigenvalue weighted by atomic mass is 16.7. The largest absolute Gasteiger partial charge is 0.463 e. The maximum absolute atomic E-state index is 11.5. The van der Waals surface area contributed by atoms with Crippen LogP contribution in [-0.4, -0.2) is 64.6 Å². The molecule has 128 valence electrons. The molecule has 22 heavy (non-hydrogen) atoms. The lowest BCUT2D eigenvalue weighted by Gasteiger charge is -2.39. The van der Waals surface area contributed by atoms with Crippen LogP contribution in [0.1, 0.15) is 39.5 Å². The predicted molar refractivity (Wildman–Crippen MR) is 73.5 cm³/mol. The van der Waals surface area contributed by atoms with Gasteiger partial charge in [-0.25, -0.2) is 0 Å². The Labute approximate surface area is 129 Å². The Morgan fingerprint density at radius 3 is 2.18 bits per heavy atom. The summed E-state index contributed by atoms with van der Waals surface area (Å²) in [6, 6.07) is 0. The molecule has 0 unspecified atom stereocenters. The van der Waals surface area contributed by atoms with Crippen molar-refractivity contribution >= 4 is 11.9 Å². The molecule has 1 fully saturated rings. The summed E-state index contributed by atoms with van der Waals surface area (Å²) in [5.74, 6) is -1.06. The van der Waals surface area contributed by atoms with Gasteiger partial charge in [-0.3, -0.25) is 9.59 Å². The van der Waals surface area contributed by atoms with Gasteiger partial charge in [-0.1, -0.05) is 13.8 Å². The molecule has 1 saturated heterocycles. The summed E-state index contributed by atoms with van der Waals surface area (Å²) >= 11 is 0. The average molecular weight is 320 g/mol. The minimum absolute atomic E-state index is 0.128. The van der Waals surface area contributed by atoms with E-state index >= 15 is 0 Å². The molecule has 0 aromatic heterocycles. The van der Waals surface area contributed by atoms with Crippen molar-refractivity contribution in [2.24, 2.45) is 0 Å². The second-order valence-electron chi connectivity index (χ2n) is 5.18. The Morgan fingerprint density at radius 2 is 1.59 bits per heavy atom. The summed E-state index contributed by atoms with van der Waals surface area (Å²) in [5.41, 5.74) is 0. The third-order valence-electron chi connectivity index (χ3n) is 3.24. The van der Waals surface area contributed by atoms with Crippen molar-refractivity contribution in [3.8, 4) is 0 Å². The quantitative estimate of drug-likeness (QED) is 0.536. The van der Waals surface area contributed by atoms with Gasteiger partial charge in [-0.05, 0) is 12.8 Å². The van der Waals surface area contributed by atoms with Gasteiger partial charge in [0.1, 0.15) is 24.9 Å². The molecule has 1 rings (SSSR count). The number of carbonyl (C=O) groups is 2. The molecule has 1 heterocycles. The standard InChI is InChI=1S/C14H24O8/c1-3-5-9(15)20-7-8-11(17)13(12(18)14(19)21-8)22-10(16)6-4-2/h8,11-14,17-19H,3-7H2,1-2H3/t8-,11-,12+,13+,14+/m1/s1. The summed E-state index contributed by atoms with van der Waals surface area (Å²) in [4.78, 5) is 22.8. The molecule has 0 aromatic carbocycles. The molecule has 0 aromatic rings. The molecule has 5 atom stereocenters. The molecule has 0 saturated carbocycles. The lowest BCUT2D eigenvalue weighted by Crippen LogP contribution is -2.60. The van der Waals surface area contributed by atoms with Gasteiger partial charge in [0.25, 0.3) is 0 Å². The number of carbonyl (C=O) groups excluding carboxylic acids is 2. The first-order chi connectivity index (χ1) is 10.4. The van der Waals surface area contributed by atoms with Crippen LogP contribution in [-0.2, 0) is 23.8 Å². The van der Waals surface area contributed by atoms with Crippen LogP contribution in [0.5, 0.6) is 0 Å². The fourth-order valence-corrected chi connectivity index (χ4v) is 2.06.